The highest BCUT2D eigenvalue weighted by atomic mass is 14.2. The average molecular weight is 797 g/mol. The van der Waals surface area contributed by atoms with Gasteiger partial charge in [0.1, 0.15) is 0 Å². The van der Waals surface area contributed by atoms with Gasteiger partial charge in [-0.25, -0.2) is 0 Å². The van der Waals surface area contributed by atoms with Crippen molar-refractivity contribution in [1.82, 2.24) is 0 Å². The predicted molar refractivity (Wildman–Crippen MR) is 267 cm³/mol. The van der Waals surface area contributed by atoms with Gasteiger partial charge in [-0.2, -0.15) is 0 Å². The maximum Gasteiger partial charge on any atom is 0.242 e. The Labute approximate surface area is 384 Å². The minimum atomic E-state index is -1.02. The second kappa shape index (κ2) is 15.1. The van der Waals surface area contributed by atoms with Gasteiger partial charge in [0.25, 0.3) is 0 Å². The first kappa shape index (κ1) is 24.6. The fraction of sp³-hybridized carbons (Fsp3) is 0. The molecule has 2 heterocycles. The van der Waals surface area contributed by atoms with E-state index in [1.54, 1.807) is 0 Å². The van der Waals surface area contributed by atoms with Gasteiger partial charge >= 0.3 is 0 Å². The lowest BCUT2D eigenvalue weighted by atomic mass is 9.39. The summed E-state index contributed by atoms with van der Waals surface area (Å²) in [5, 5.41) is 0. The maximum absolute atomic E-state index is 9.96. The summed E-state index contributed by atoms with van der Waals surface area (Å²) in [5.41, 5.74) is 8.45. The van der Waals surface area contributed by atoms with E-state index in [-0.39, 0.29) is 67.3 Å². The molecule has 0 radical (unpaired) electrons. The van der Waals surface area contributed by atoms with E-state index < -0.39 is 85.9 Å². The molecule has 286 valence electrons. The summed E-state index contributed by atoms with van der Waals surface area (Å²) in [6.45, 7) is -2.03. The molecule has 0 saturated heterocycles. The smallest absolute Gasteiger partial charge is 0.0686 e. The minimum absolute atomic E-state index is 0.0354. The van der Waals surface area contributed by atoms with Gasteiger partial charge in [-0.1, -0.05) is 263 Å². The van der Waals surface area contributed by atoms with Crippen molar-refractivity contribution < 1.29 is 19.2 Å². The number of benzene rings is 10. The van der Waals surface area contributed by atoms with Crippen molar-refractivity contribution in [2.75, 3.05) is 0 Å². The van der Waals surface area contributed by atoms with Crippen molar-refractivity contribution in [3.63, 3.8) is 0 Å². The van der Waals surface area contributed by atoms with Crippen LogP contribution in [0.25, 0.3) is 77.9 Å². The first-order valence-electron chi connectivity index (χ1n) is 27.6. The maximum atomic E-state index is 9.96. The Morgan fingerprint density at radius 2 is 0.532 bits per heavy atom. The molecule has 12 rings (SSSR count). The summed E-state index contributed by atoms with van der Waals surface area (Å²) in [5.74, 6) is 0. The molecular weight excluding hydrogens is 742 g/mol. The first-order valence-corrected chi connectivity index (χ1v) is 20.6. The van der Waals surface area contributed by atoms with Crippen LogP contribution < -0.4 is 32.8 Å². The summed E-state index contributed by atoms with van der Waals surface area (Å²) >= 11 is 0. The monoisotopic (exact) mass is 796 g/mol. The third-order valence-corrected chi connectivity index (χ3v) is 12.2. The molecule has 2 aliphatic heterocycles. The molecule has 0 bridgehead atoms. The van der Waals surface area contributed by atoms with Gasteiger partial charge in [-0.3, -0.25) is 0 Å². The van der Waals surface area contributed by atoms with Gasteiger partial charge in [0, 0.05) is 0 Å². The van der Waals surface area contributed by atoms with Crippen molar-refractivity contribution in [2.24, 2.45) is 0 Å². The molecule has 0 amide bonds. The van der Waals surface area contributed by atoms with E-state index in [1.807, 2.05) is 158 Å². The van der Waals surface area contributed by atoms with Crippen LogP contribution >= 0.6 is 0 Å². The van der Waals surface area contributed by atoms with Crippen molar-refractivity contribution >= 4 is 46.2 Å². The zero-order valence-electron chi connectivity index (χ0n) is 47.2. The Hall–Kier alpha value is -7.67. The highest BCUT2D eigenvalue weighted by Crippen LogP contribution is 2.33. The molecule has 10 aromatic carbocycles. The summed E-state index contributed by atoms with van der Waals surface area (Å²) in [6, 6.07) is 44.2. The Morgan fingerprint density at radius 1 is 0.242 bits per heavy atom. The van der Waals surface area contributed by atoms with E-state index in [1.165, 1.54) is 0 Å². The van der Waals surface area contributed by atoms with Gasteiger partial charge in [0.05, 0.1) is 19.2 Å². The molecule has 2 heteroatoms. The lowest BCUT2D eigenvalue weighted by molar-refractivity contribution is 1.59. The predicted octanol–water partition coefficient (Wildman–Crippen LogP) is 11.0. The Bertz CT molecular complexity index is 3790. The van der Waals surface area contributed by atoms with Crippen LogP contribution in [-0.4, -0.2) is 13.4 Å². The molecule has 0 aromatic heterocycles. The fourth-order valence-electron chi connectivity index (χ4n) is 9.04. The topological polar surface area (TPSA) is 0 Å². The van der Waals surface area contributed by atoms with Gasteiger partial charge < -0.3 is 0 Å². The summed E-state index contributed by atoms with van der Waals surface area (Å²) in [6.07, 6.45) is 0. The van der Waals surface area contributed by atoms with Crippen LogP contribution in [-0.2, 0) is 0 Å². The summed E-state index contributed by atoms with van der Waals surface area (Å²) in [7, 11) is 0. The normalized spacial score (nSPS) is 15.3. The zero-order chi connectivity index (χ0) is 53.2. The van der Waals surface area contributed by atoms with Crippen molar-refractivity contribution in [3.8, 4) is 77.9 Å². The van der Waals surface area contributed by atoms with E-state index in [9.17, 15) is 13.7 Å². The largest absolute Gasteiger partial charge is 0.242 e. The Morgan fingerprint density at radius 3 is 0.887 bits per heavy atom. The molecule has 0 unspecified atom stereocenters. The first-order chi connectivity index (χ1) is 36.6. The van der Waals surface area contributed by atoms with Crippen LogP contribution in [0.2, 0.25) is 0 Å². The summed E-state index contributed by atoms with van der Waals surface area (Å²) < 4.78 is 131. The zero-order valence-corrected chi connectivity index (χ0v) is 33.2. The molecule has 0 saturated carbocycles. The van der Waals surface area contributed by atoms with E-state index >= 15 is 0 Å². The van der Waals surface area contributed by atoms with E-state index in [4.69, 9.17) is 5.48 Å². The number of hydrogen-bond acceptors (Lipinski definition) is 0. The highest BCUT2D eigenvalue weighted by molar-refractivity contribution is 6.99. The number of hydrogen-bond donors (Lipinski definition) is 0. The van der Waals surface area contributed by atoms with Gasteiger partial charge in [0.15, 0.2) is 0 Å². The number of rotatable bonds is 7. The third-order valence-electron chi connectivity index (χ3n) is 12.2. The average Bonchev–Trinajstić information content (AvgIpc) is 4.14. The second-order valence-electron chi connectivity index (χ2n) is 15.7. The van der Waals surface area contributed by atoms with E-state index in [2.05, 4.69) is 0 Å². The number of fused-ring (bicyclic) bond motifs is 6. The molecule has 0 N–H and O–H groups in total. The van der Waals surface area contributed by atoms with Crippen molar-refractivity contribution in [2.45, 2.75) is 0 Å². The van der Waals surface area contributed by atoms with Crippen LogP contribution in [0.5, 0.6) is 0 Å². The van der Waals surface area contributed by atoms with Gasteiger partial charge in [-0.15, -0.1) is 0 Å². The Kier molecular flexibility index (Phi) is 5.98. The van der Waals surface area contributed by atoms with Gasteiger partial charge in [0.2, 0.25) is 13.4 Å². The standard InChI is InChI=1S/C60H40B2/c1-3-11-41(12-4-1)43-19-23-45(24-20-43)47-27-33-51(34-28-47)61-57-17-9-7-15-53(57)55-39-49(31-37-59(55)61)50-32-38-60-56(40-50)54-16-8-10-18-58(54)62(60)52-35-29-48(30-36-52)46-25-21-44(22-26-46)42-13-5-2-6-14-42/h1-40H/i7D,8D,9D,10D,15D,16D,17D,18D,31D,32D,37D,38D,39D,40D. The highest BCUT2D eigenvalue weighted by Gasteiger charge is 2.35. The lowest BCUT2D eigenvalue weighted by Gasteiger charge is -2.14. The molecule has 0 nitrogen and oxygen atoms in total. The van der Waals surface area contributed by atoms with E-state index in [0.29, 0.717) is 10.9 Å². The SMILES string of the molecule is [2H]c1c([2H])c([2H])c2c(c1[2H])B(c1ccc(-c3ccc(-c4ccccc4)cc3)cc1)c1c([2H])c([2H])c(-c3c([2H])c([2H])c4c(c3[2H])-c3c([2H])c([2H])c([2H])c([2H])c3B4c3ccc(-c4ccc(-c5ccccc5)cc4)cc3)c([2H])c1-2. The van der Waals surface area contributed by atoms with Crippen LogP contribution in [0, 0.1) is 0 Å². The van der Waals surface area contributed by atoms with Crippen LogP contribution in [0.4, 0.5) is 0 Å². The molecule has 0 fully saturated rings. The molecule has 0 atom stereocenters. The molecular formula is C60H40B2. The molecule has 10 aromatic rings. The van der Waals surface area contributed by atoms with Crippen LogP contribution in [0.15, 0.2) is 242 Å². The van der Waals surface area contributed by atoms with Crippen LogP contribution in [0.1, 0.15) is 19.2 Å². The third kappa shape index (κ3) is 6.27. The van der Waals surface area contributed by atoms with E-state index in [0.717, 1.165) is 44.5 Å². The van der Waals surface area contributed by atoms with Crippen molar-refractivity contribution in [3.05, 3.63) is 242 Å². The summed E-state index contributed by atoms with van der Waals surface area (Å²) in [4.78, 5) is 0. The molecule has 62 heavy (non-hydrogen) atoms. The van der Waals surface area contributed by atoms with Crippen molar-refractivity contribution in [1.29, 1.82) is 0 Å². The molecule has 0 spiro atoms. The molecule has 0 aliphatic carbocycles. The quantitative estimate of drug-likeness (QED) is 0.141. The molecule has 2 aliphatic rings. The fourth-order valence-corrected chi connectivity index (χ4v) is 9.04. The lowest BCUT2D eigenvalue weighted by Crippen LogP contribution is -2.48. The van der Waals surface area contributed by atoms with Gasteiger partial charge in [-0.05, 0) is 90.0 Å². The minimum Gasteiger partial charge on any atom is -0.0686 e. The van der Waals surface area contributed by atoms with Crippen LogP contribution in [0.3, 0.4) is 0 Å². The second-order valence-corrected chi connectivity index (χ2v) is 15.7. The Balaban J connectivity index is 1.01.